The molecule has 0 bridgehead atoms. The van der Waals surface area contributed by atoms with Crippen LogP contribution in [0.5, 0.6) is 0 Å². The van der Waals surface area contributed by atoms with Crippen molar-refractivity contribution < 1.29 is 19.4 Å². The lowest BCUT2D eigenvalue weighted by molar-refractivity contribution is -0.140. The maximum Gasteiger partial charge on any atom is 0.295 e. The number of ketones is 1. The maximum atomic E-state index is 13.1. The van der Waals surface area contributed by atoms with Gasteiger partial charge in [-0.15, -0.1) is 0 Å². The highest BCUT2D eigenvalue weighted by molar-refractivity contribution is 6.46. The van der Waals surface area contributed by atoms with Crippen molar-refractivity contribution in [1.82, 2.24) is 19.8 Å². The number of carbonyl (C=O) groups is 2. The lowest BCUT2D eigenvalue weighted by Crippen LogP contribution is -2.42. The van der Waals surface area contributed by atoms with Gasteiger partial charge in [-0.25, -0.2) is 9.97 Å². The third-order valence-electron chi connectivity index (χ3n) is 5.77. The fourth-order valence-corrected chi connectivity index (χ4v) is 4.13. The van der Waals surface area contributed by atoms with E-state index in [4.69, 9.17) is 4.74 Å². The van der Waals surface area contributed by atoms with Crippen LogP contribution in [0, 0.1) is 13.8 Å². The highest BCUT2D eigenvalue weighted by Gasteiger charge is 2.46. The summed E-state index contributed by atoms with van der Waals surface area (Å²) >= 11 is 0. The van der Waals surface area contributed by atoms with Crippen molar-refractivity contribution in [1.29, 1.82) is 0 Å². The first-order valence-electron chi connectivity index (χ1n) is 10.4. The molecule has 1 N–H and O–H groups in total. The predicted molar refractivity (Wildman–Crippen MR) is 114 cm³/mol. The van der Waals surface area contributed by atoms with E-state index in [2.05, 4.69) is 14.9 Å². The first kappa shape index (κ1) is 21.1. The van der Waals surface area contributed by atoms with Crippen LogP contribution in [0.4, 0.5) is 0 Å². The lowest BCUT2D eigenvalue weighted by atomic mass is 9.95. The fourth-order valence-electron chi connectivity index (χ4n) is 4.13. The molecule has 1 amide bonds. The molecule has 2 aromatic rings. The number of aliphatic hydroxyl groups is 1. The molecule has 1 aromatic heterocycles. The summed E-state index contributed by atoms with van der Waals surface area (Å²) in [6.45, 7) is 7.42. The normalized spacial score (nSPS) is 21.6. The number of carbonyl (C=O) groups excluding carboxylic acids is 2. The van der Waals surface area contributed by atoms with E-state index >= 15 is 0 Å². The summed E-state index contributed by atoms with van der Waals surface area (Å²) in [6, 6.07) is 8.66. The average molecular weight is 422 g/mol. The SMILES string of the molecule is Cc1ncc(C(O)=C2C(=O)C(=O)N(CCN3CCOCC3)C2c2ccccc2)c(C)n1. The second-order valence-electron chi connectivity index (χ2n) is 7.77. The van der Waals surface area contributed by atoms with Crippen LogP contribution in [0.25, 0.3) is 5.76 Å². The van der Waals surface area contributed by atoms with Crippen LogP contribution in [-0.4, -0.2) is 76.0 Å². The number of morpholine rings is 1. The molecule has 31 heavy (non-hydrogen) atoms. The van der Waals surface area contributed by atoms with Crippen LogP contribution in [0.15, 0.2) is 42.1 Å². The minimum absolute atomic E-state index is 0.0775. The first-order valence-corrected chi connectivity index (χ1v) is 10.4. The van der Waals surface area contributed by atoms with Gasteiger partial charge in [-0.05, 0) is 19.4 Å². The monoisotopic (exact) mass is 422 g/mol. The van der Waals surface area contributed by atoms with Crippen molar-refractivity contribution >= 4 is 17.4 Å². The second kappa shape index (κ2) is 8.95. The molecule has 8 nitrogen and oxygen atoms in total. The molecule has 1 atom stereocenters. The quantitative estimate of drug-likeness (QED) is 0.446. The average Bonchev–Trinajstić information content (AvgIpc) is 3.03. The Morgan fingerprint density at radius 1 is 1.13 bits per heavy atom. The molecule has 2 aliphatic rings. The zero-order valence-electron chi connectivity index (χ0n) is 17.7. The van der Waals surface area contributed by atoms with E-state index in [1.165, 1.54) is 6.20 Å². The van der Waals surface area contributed by atoms with Crippen LogP contribution < -0.4 is 0 Å². The Morgan fingerprint density at radius 3 is 2.52 bits per heavy atom. The van der Waals surface area contributed by atoms with Gasteiger partial charge in [0.2, 0.25) is 0 Å². The number of ether oxygens (including phenoxy) is 1. The Bertz CT molecular complexity index is 1020. The Labute approximate surface area is 181 Å². The minimum atomic E-state index is -0.687. The van der Waals surface area contributed by atoms with Gasteiger partial charge in [0.25, 0.3) is 11.7 Å². The van der Waals surface area contributed by atoms with Crippen molar-refractivity contribution in [2.24, 2.45) is 0 Å². The lowest BCUT2D eigenvalue weighted by Gasteiger charge is -2.31. The van der Waals surface area contributed by atoms with Gasteiger partial charge in [-0.3, -0.25) is 14.5 Å². The Kier molecular flexibility index (Phi) is 6.11. The summed E-state index contributed by atoms with van der Waals surface area (Å²) < 4.78 is 5.39. The van der Waals surface area contributed by atoms with E-state index in [1.807, 2.05) is 30.3 Å². The molecule has 0 spiro atoms. The maximum absolute atomic E-state index is 13.1. The summed E-state index contributed by atoms with van der Waals surface area (Å²) in [4.78, 5) is 38.3. The van der Waals surface area contributed by atoms with Gasteiger partial charge in [0, 0.05) is 32.4 Å². The van der Waals surface area contributed by atoms with Crippen molar-refractivity contribution in [2.75, 3.05) is 39.4 Å². The van der Waals surface area contributed by atoms with Crippen LogP contribution in [0.2, 0.25) is 0 Å². The molecule has 4 rings (SSSR count). The molecule has 1 aromatic carbocycles. The molecule has 162 valence electrons. The molecule has 0 radical (unpaired) electrons. The molecule has 3 heterocycles. The number of likely N-dealkylation sites (tertiary alicyclic amines) is 1. The molecule has 8 heteroatoms. The number of amides is 1. The second-order valence-corrected chi connectivity index (χ2v) is 7.77. The summed E-state index contributed by atoms with van der Waals surface area (Å²) in [5.74, 6) is -0.958. The van der Waals surface area contributed by atoms with Crippen molar-refractivity contribution in [3.8, 4) is 0 Å². The Balaban J connectivity index is 1.74. The molecular formula is C23H26N4O4. The zero-order chi connectivity index (χ0) is 22.0. The summed E-state index contributed by atoms with van der Waals surface area (Å²) in [5, 5.41) is 11.1. The van der Waals surface area contributed by atoms with Crippen LogP contribution in [0.1, 0.15) is 28.7 Å². The van der Waals surface area contributed by atoms with E-state index in [0.717, 1.165) is 18.7 Å². The van der Waals surface area contributed by atoms with Crippen molar-refractivity contribution in [3.05, 3.63) is 64.7 Å². The molecule has 2 fully saturated rings. The molecule has 2 saturated heterocycles. The van der Waals surface area contributed by atoms with Gasteiger partial charge in [0.15, 0.2) is 0 Å². The number of nitrogens with zero attached hydrogens (tertiary/aromatic N) is 4. The largest absolute Gasteiger partial charge is 0.507 e. The van der Waals surface area contributed by atoms with Crippen LogP contribution >= 0.6 is 0 Å². The number of aryl methyl sites for hydroxylation is 2. The Hall–Kier alpha value is -3.10. The number of rotatable bonds is 5. The third kappa shape index (κ3) is 4.22. The standard InChI is InChI=1S/C23H26N4O4/c1-15-18(14-24-16(2)25-15)21(28)19-20(17-6-4-3-5-7-17)27(23(30)22(19)29)9-8-26-10-12-31-13-11-26/h3-7,14,20,28H,8-13H2,1-2H3. The topological polar surface area (TPSA) is 95.9 Å². The summed E-state index contributed by atoms with van der Waals surface area (Å²) in [5.41, 5.74) is 1.76. The van der Waals surface area contributed by atoms with Crippen LogP contribution in [-0.2, 0) is 14.3 Å². The number of hydrogen-bond donors (Lipinski definition) is 1. The summed E-state index contributed by atoms with van der Waals surface area (Å²) in [6.07, 6.45) is 1.50. The number of Topliss-reactive ketones (excluding diaryl/α,β-unsaturated/α-hetero) is 1. The first-order chi connectivity index (χ1) is 15.0. The fraction of sp³-hybridized carbons (Fsp3) is 0.391. The van der Waals surface area contributed by atoms with E-state index in [-0.39, 0.29) is 11.3 Å². The Morgan fingerprint density at radius 2 is 1.84 bits per heavy atom. The minimum Gasteiger partial charge on any atom is -0.507 e. The van der Waals surface area contributed by atoms with E-state index < -0.39 is 17.7 Å². The van der Waals surface area contributed by atoms with Gasteiger partial charge in [-0.2, -0.15) is 0 Å². The smallest absolute Gasteiger partial charge is 0.295 e. The van der Waals surface area contributed by atoms with Gasteiger partial charge >= 0.3 is 0 Å². The third-order valence-corrected chi connectivity index (χ3v) is 5.77. The van der Waals surface area contributed by atoms with Gasteiger partial charge in [0.05, 0.1) is 36.1 Å². The van der Waals surface area contributed by atoms with Crippen molar-refractivity contribution in [3.63, 3.8) is 0 Å². The number of hydrogen-bond acceptors (Lipinski definition) is 7. The predicted octanol–water partition coefficient (Wildman–Crippen LogP) is 1.85. The van der Waals surface area contributed by atoms with E-state index in [0.29, 0.717) is 43.4 Å². The molecular weight excluding hydrogens is 396 g/mol. The van der Waals surface area contributed by atoms with E-state index in [9.17, 15) is 14.7 Å². The van der Waals surface area contributed by atoms with Gasteiger partial charge < -0.3 is 14.7 Å². The molecule has 0 aliphatic carbocycles. The molecule has 0 saturated carbocycles. The molecule has 2 aliphatic heterocycles. The van der Waals surface area contributed by atoms with Gasteiger partial charge in [0.1, 0.15) is 11.6 Å². The zero-order valence-corrected chi connectivity index (χ0v) is 17.7. The highest BCUT2D eigenvalue weighted by Crippen LogP contribution is 2.39. The number of aromatic nitrogens is 2. The number of benzene rings is 1. The van der Waals surface area contributed by atoms with E-state index in [1.54, 1.807) is 18.7 Å². The van der Waals surface area contributed by atoms with Gasteiger partial charge in [-0.1, -0.05) is 30.3 Å². The highest BCUT2D eigenvalue weighted by atomic mass is 16.5. The number of aliphatic hydroxyl groups excluding tert-OH is 1. The van der Waals surface area contributed by atoms with Crippen molar-refractivity contribution in [2.45, 2.75) is 19.9 Å². The summed E-state index contributed by atoms with van der Waals surface area (Å²) in [7, 11) is 0. The van der Waals surface area contributed by atoms with Crippen LogP contribution in [0.3, 0.4) is 0 Å². The molecule has 1 unspecified atom stereocenters.